The number of hydrogen-bond donors (Lipinski definition) is 0. The minimum atomic E-state index is 1.12. The second-order valence-corrected chi connectivity index (χ2v) is 13.3. The maximum absolute atomic E-state index is 2.39. The smallest absolute Gasteiger partial charge is 0.0468 e. The highest BCUT2D eigenvalue weighted by atomic mass is 32.1. The molecule has 8 aromatic carbocycles. The molecular weight excluding hydrogens is 599 g/mol. The van der Waals surface area contributed by atoms with E-state index in [1.165, 1.54) is 64.3 Å². The molecule has 2 heteroatoms. The van der Waals surface area contributed by atoms with E-state index in [9.17, 15) is 0 Å². The van der Waals surface area contributed by atoms with Gasteiger partial charge in [0.25, 0.3) is 0 Å². The lowest BCUT2D eigenvalue weighted by atomic mass is 10.00. The summed E-state index contributed by atoms with van der Waals surface area (Å²) < 4.78 is 2.62. The van der Waals surface area contributed by atoms with Crippen LogP contribution in [0.25, 0.3) is 64.3 Å². The Morgan fingerprint density at radius 3 is 1.54 bits per heavy atom. The Kier molecular flexibility index (Phi) is 7.07. The second kappa shape index (κ2) is 12.0. The first-order chi connectivity index (χ1) is 23.8. The van der Waals surface area contributed by atoms with Crippen molar-refractivity contribution in [1.82, 2.24) is 0 Å². The zero-order valence-corrected chi connectivity index (χ0v) is 27.1. The molecule has 226 valence electrons. The molecule has 0 amide bonds. The van der Waals surface area contributed by atoms with Crippen molar-refractivity contribution < 1.29 is 0 Å². The van der Waals surface area contributed by atoms with Crippen LogP contribution in [-0.2, 0) is 0 Å². The van der Waals surface area contributed by atoms with Crippen molar-refractivity contribution in [2.24, 2.45) is 0 Å². The first-order valence-electron chi connectivity index (χ1n) is 16.3. The lowest BCUT2D eigenvalue weighted by molar-refractivity contribution is 1.29. The molecule has 9 aromatic rings. The number of benzene rings is 8. The summed E-state index contributed by atoms with van der Waals surface area (Å²) in [5.41, 5.74) is 10.6. The van der Waals surface area contributed by atoms with Crippen molar-refractivity contribution >= 4 is 59.3 Å². The first-order valence-corrected chi connectivity index (χ1v) is 17.2. The van der Waals surface area contributed by atoms with Crippen LogP contribution in [0.2, 0.25) is 0 Å². The summed E-state index contributed by atoms with van der Waals surface area (Å²) in [6.45, 7) is 0. The van der Waals surface area contributed by atoms with Gasteiger partial charge in [0.1, 0.15) is 0 Å². The van der Waals surface area contributed by atoms with Crippen molar-refractivity contribution in [2.75, 3.05) is 4.90 Å². The summed E-state index contributed by atoms with van der Waals surface area (Å²) in [6.07, 6.45) is 0. The molecule has 1 nitrogen and oxygen atoms in total. The lowest BCUT2D eigenvalue weighted by Crippen LogP contribution is -2.10. The van der Waals surface area contributed by atoms with E-state index in [4.69, 9.17) is 0 Å². The summed E-state index contributed by atoms with van der Waals surface area (Å²) >= 11 is 1.87. The molecular formula is C46H31NS. The largest absolute Gasteiger partial charge is 0.310 e. The molecule has 0 aliphatic rings. The van der Waals surface area contributed by atoms with Gasteiger partial charge < -0.3 is 4.90 Å². The third kappa shape index (κ3) is 5.13. The molecule has 0 radical (unpaired) electrons. The summed E-state index contributed by atoms with van der Waals surface area (Å²) in [7, 11) is 0. The molecule has 0 aliphatic carbocycles. The fraction of sp³-hybridized carbons (Fsp3) is 0. The second-order valence-electron chi connectivity index (χ2n) is 12.2. The molecule has 1 aromatic heterocycles. The zero-order valence-electron chi connectivity index (χ0n) is 26.3. The Morgan fingerprint density at radius 2 is 0.833 bits per heavy atom. The van der Waals surface area contributed by atoms with Crippen LogP contribution < -0.4 is 4.90 Å². The number of rotatable bonds is 6. The molecule has 0 unspecified atom stereocenters. The minimum Gasteiger partial charge on any atom is -0.310 e. The zero-order chi connectivity index (χ0) is 31.9. The average Bonchev–Trinajstić information content (AvgIpc) is 3.55. The molecule has 0 fully saturated rings. The SMILES string of the molecule is c1ccc(-c2ccc(-c3ccc(N(c4cccc(-c5ccccc5)c4)c4ccc5sc6ccc7ccccc7c6c5c4)cc3)cc2)cc1. The van der Waals surface area contributed by atoms with Gasteiger partial charge in [-0.05, 0) is 92.7 Å². The van der Waals surface area contributed by atoms with E-state index in [0.29, 0.717) is 0 Å². The summed E-state index contributed by atoms with van der Waals surface area (Å²) in [6, 6.07) is 68.1. The molecule has 1 heterocycles. The number of anilines is 3. The third-order valence-electron chi connectivity index (χ3n) is 9.26. The lowest BCUT2D eigenvalue weighted by Gasteiger charge is -2.26. The van der Waals surface area contributed by atoms with Gasteiger partial charge in [0.15, 0.2) is 0 Å². The summed E-state index contributed by atoms with van der Waals surface area (Å²) in [5, 5.41) is 5.21. The molecule has 0 spiro atoms. The van der Waals surface area contributed by atoms with Crippen LogP contribution in [0.15, 0.2) is 188 Å². The number of thiophene rings is 1. The molecule has 0 saturated carbocycles. The van der Waals surface area contributed by atoms with Crippen LogP contribution in [0.3, 0.4) is 0 Å². The van der Waals surface area contributed by atoms with Crippen LogP contribution in [0, 0.1) is 0 Å². The van der Waals surface area contributed by atoms with Crippen LogP contribution in [0.5, 0.6) is 0 Å². The normalized spacial score (nSPS) is 11.3. The van der Waals surface area contributed by atoms with Crippen LogP contribution in [-0.4, -0.2) is 0 Å². The van der Waals surface area contributed by atoms with Gasteiger partial charge in [-0.2, -0.15) is 0 Å². The standard InChI is InChI=1S/C46H31NS/c1-3-10-32(11-4-1)34-18-20-35(21-19-34)36-22-25-39(26-23-36)47(40-16-9-15-38(30-40)33-12-5-2-6-13-33)41-27-29-44-43(31-41)46-42-17-8-7-14-37(42)24-28-45(46)48-44/h1-31H. The Balaban J connectivity index is 1.16. The highest BCUT2D eigenvalue weighted by molar-refractivity contribution is 7.26. The molecule has 9 rings (SSSR count). The van der Waals surface area contributed by atoms with Crippen LogP contribution in [0.1, 0.15) is 0 Å². The van der Waals surface area contributed by atoms with Crippen molar-refractivity contribution in [3.63, 3.8) is 0 Å². The van der Waals surface area contributed by atoms with Gasteiger partial charge in [-0.15, -0.1) is 11.3 Å². The predicted octanol–water partition coefficient (Wildman–Crippen LogP) is 13.7. The Labute approximate surface area is 284 Å². The maximum atomic E-state index is 2.39. The molecule has 48 heavy (non-hydrogen) atoms. The van der Waals surface area contributed by atoms with E-state index in [1.54, 1.807) is 0 Å². The Hall–Kier alpha value is -5.96. The summed E-state index contributed by atoms with van der Waals surface area (Å²) in [4.78, 5) is 2.39. The van der Waals surface area contributed by atoms with E-state index in [-0.39, 0.29) is 0 Å². The van der Waals surface area contributed by atoms with Gasteiger partial charge in [0.05, 0.1) is 0 Å². The van der Waals surface area contributed by atoms with Crippen molar-refractivity contribution in [2.45, 2.75) is 0 Å². The van der Waals surface area contributed by atoms with Crippen LogP contribution in [0.4, 0.5) is 17.1 Å². The highest BCUT2D eigenvalue weighted by Gasteiger charge is 2.17. The number of nitrogens with zero attached hydrogens (tertiary/aromatic N) is 1. The topological polar surface area (TPSA) is 3.24 Å². The fourth-order valence-electron chi connectivity index (χ4n) is 6.87. The van der Waals surface area contributed by atoms with Crippen molar-refractivity contribution in [1.29, 1.82) is 0 Å². The predicted molar refractivity (Wildman–Crippen MR) is 208 cm³/mol. The maximum Gasteiger partial charge on any atom is 0.0468 e. The van der Waals surface area contributed by atoms with Gasteiger partial charge >= 0.3 is 0 Å². The van der Waals surface area contributed by atoms with Crippen molar-refractivity contribution in [3.8, 4) is 33.4 Å². The van der Waals surface area contributed by atoms with E-state index < -0.39 is 0 Å². The van der Waals surface area contributed by atoms with Gasteiger partial charge in [0, 0.05) is 37.2 Å². The Morgan fingerprint density at radius 1 is 0.312 bits per heavy atom. The number of hydrogen-bond acceptors (Lipinski definition) is 2. The number of fused-ring (bicyclic) bond motifs is 5. The van der Waals surface area contributed by atoms with Gasteiger partial charge in [0.2, 0.25) is 0 Å². The van der Waals surface area contributed by atoms with E-state index >= 15 is 0 Å². The Bertz CT molecular complexity index is 2530. The van der Waals surface area contributed by atoms with Gasteiger partial charge in [-0.25, -0.2) is 0 Å². The van der Waals surface area contributed by atoms with E-state index in [2.05, 4.69) is 193 Å². The van der Waals surface area contributed by atoms with E-state index in [1.807, 2.05) is 11.3 Å². The molecule has 0 saturated heterocycles. The quantitative estimate of drug-likeness (QED) is 0.177. The van der Waals surface area contributed by atoms with Gasteiger partial charge in [-0.3, -0.25) is 0 Å². The van der Waals surface area contributed by atoms with Crippen molar-refractivity contribution in [3.05, 3.63) is 188 Å². The highest BCUT2D eigenvalue weighted by Crippen LogP contribution is 2.43. The van der Waals surface area contributed by atoms with Crippen LogP contribution >= 0.6 is 11.3 Å². The minimum absolute atomic E-state index is 1.12. The average molecular weight is 630 g/mol. The molecule has 0 bridgehead atoms. The summed E-state index contributed by atoms with van der Waals surface area (Å²) in [5.74, 6) is 0. The fourth-order valence-corrected chi connectivity index (χ4v) is 7.97. The third-order valence-corrected chi connectivity index (χ3v) is 10.4. The van der Waals surface area contributed by atoms with Gasteiger partial charge in [-0.1, -0.05) is 140 Å². The monoisotopic (exact) mass is 629 g/mol. The van der Waals surface area contributed by atoms with E-state index in [0.717, 1.165) is 17.1 Å². The molecule has 0 aliphatic heterocycles. The molecule has 0 atom stereocenters. The molecule has 0 N–H and O–H groups in total. The first kappa shape index (κ1) is 28.3.